The molecule has 0 fully saturated rings. The van der Waals surface area contributed by atoms with Gasteiger partial charge in [0.1, 0.15) is 0 Å². The smallest absolute Gasteiger partial charge is 0.406 e. The summed E-state index contributed by atoms with van der Waals surface area (Å²) >= 11 is 0. The van der Waals surface area contributed by atoms with Gasteiger partial charge in [-0.05, 0) is 37.1 Å². The fourth-order valence-corrected chi connectivity index (χ4v) is 2.58. The van der Waals surface area contributed by atoms with Gasteiger partial charge >= 0.3 is 6.09 Å². The van der Waals surface area contributed by atoms with E-state index in [0.717, 1.165) is 24.2 Å². The second-order valence-electron chi connectivity index (χ2n) is 5.33. The minimum Gasteiger partial charge on any atom is -0.453 e. The zero-order valence-corrected chi connectivity index (χ0v) is 13.2. The molecule has 7 nitrogen and oxygen atoms in total. The number of ether oxygens (including phenoxy) is 1. The first-order valence-electron chi connectivity index (χ1n) is 7.46. The fraction of sp³-hybridized carbons (Fsp3) is 0.312. The molecule has 0 radical (unpaired) electrons. The summed E-state index contributed by atoms with van der Waals surface area (Å²) in [5.74, 6) is 0. The summed E-state index contributed by atoms with van der Waals surface area (Å²) in [6.07, 6.45) is 4.94. The summed E-state index contributed by atoms with van der Waals surface area (Å²) in [5, 5.41) is 12.0. The summed E-state index contributed by atoms with van der Waals surface area (Å²) in [6, 6.07) is 8.29. The highest BCUT2D eigenvalue weighted by atomic mass is 16.5. The highest BCUT2D eigenvalue weighted by Gasteiger charge is 2.08. The normalized spacial score (nSPS) is 10.9. The van der Waals surface area contributed by atoms with Crippen LogP contribution in [-0.4, -0.2) is 39.3 Å². The van der Waals surface area contributed by atoms with E-state index in [1.54, 1.807) is 6.20 Å². The number of alkyl carbamates (subject to hydrolysis) is 1. The number of rotatable bonds is 5. The van der Waals surface area contributed by atoms with Gasteiger partial charge in [-0.2, -0.15) is 0 Å². The number of methoxy groups -OCH3 is 1. The van der Waals surface area contributed by atoms with E-state index in [1.165, 1.54) is 18.0 Å². The number of aryl methyl sites for hydroxylation is 2. The van der Waals surface area contributed by atoms with Crippen LogP contribution in [0.25, 0.3) is 16.6 Å². The van der Waals surface area contributed by atoms with E-state index in [-0.39, 0.29) is 0 Å². The Morgan fingerprint density at radius 1 is 1.35 bits per heavy atom. The Balaban J connectivity index is 1.73. The molecule has 0 atom stereocenters. The SMILES string of the molecule is COC(=O)NCCCc1cnnn1-c1ccc2c(ccn2C)c1. The van der Waals surface area contributed by atoms with Crippen molar-refractivity contribution in [3.05, 3.63) is 42.4 Å². The second kappa shape index (κ2) is 6.51. The van der Waals surface area contributed by atoms with Gasteiger partial charge in [0.05, 0.1) is 24.7 Å². The number of carbonyl (C=O) groups excluding carboxylic acids is 1. The molecule has 0 unspecified atom stereocenters. The van der Waals surface area contributed by atoms with Crippen LogP contribution >= 0.6 is 0 Å². The van der Waals surface area contributed by atoms with Gasteiger partial charge in [-0.25, -0.2) is 9.48 Å². The first-order chi connectivity index (χ1) is 11.2. The number of hydrogen-bond donors (Lipinski definition) is 1. The molecule has 0 saturated carbocycles. The molecule has 1 aromatic carbocycles. The zero-order chi connectivity index (χ0) is 16.2. The molecule has 2 aromatic heterocycles. The van der Waals surface area contributed by atoms with Gasteiger partial charge in [0, 0.05) is 30.7 Å². The highest BCUT2D eigenvalue weighted by molar-refractivity contribution is 5.82. The molecule has 3 rings (SSSR count). The van der Waals surface area contributed by atoms with Gasteiger partial charge in [-0.3, -0.25) is 0 Å². The Morgan fingerprint density at radius 2 is 2.22 bits per heavy atom. The number of hydrogen-bond acceptors (Lipinski definition) is 4. The quantitative estimate of drug-likeness (QED) is 0.732. The molecular weight excluding hydrogens is 294 g/mol. The summed E-state index contributed by atoms with van der Waals surface area (Å²) in [6.45, 7) is 0.551. The Kier molecular flexibility index (Phi) is 4.27. The van der Waals surface area contributed by atoms with Crippen molar-refractivity contribution in [1.82, 2.24) is 24.9 Å². The van der Waals surface area contributed by atoms with Crippen LogP contribution in [0.3, 0.4) is 0 Å². The molecule has 23 heavy (non-hydrogen) atoms. The topological polar surface area (TPSA) is 74.0 Å². The Hall–Kier alpha value is -2.83. The van der Waals surface area contributed by atoms with Crippen LogP contribution in [0.4, 0.5) is 4.79 Å². The number of carbonyl (C=O) groups is 1. The predicted octanol–water partition coefficient (Wildman–Crippen LogP) is 2.05. The maximum atomic E-state index is 11.0. The average molecular weight is 313 g/mol. The molecule has 0 bridgehead atoms. The van der Waals surface area contributed by atoms with Gasteiger partial charge in [-0.15, -0.1) is 5.10 Å². The van der Waals surface area contributed by atoms with Crippen LogP contribution in [0.15, 0.2) is 36.7 Å². The van der Waals surface area contributed by atoms with E-state index >= 15 is 0 Å². The molecule has 120 valence electrons. The molecule has 0 aliphatic heterocycles. The van der Waals surface area contributed by atoms with Crippen molar-refractivity contribution in [3.8, 4) is 5.69 Å². The van der Waals surface area contributed by atoms with Crippen LogP contribution in [-0.2, 0) is 18.2 Å². The second-order valence-corrected chi connectivity index (χ2v) is 5.33. The molecule has 0 spiro atoms. The third-order valence-corrected chi connectivity index (χ3v) is 3.80. The largest absolute Gasteiger partial charge is 0.453 e. The number of nitrogens with zero attached hydrogens (tertiary/aromatic N) is 4. The van der Waals surface area contributed by atoms with Crippen LogP contribution < -0.4 is 5.32 Å². The standard InChI is InChI=1S/C16H19N5O2/c1-20-9-7-12-10-13(5-6-15(12)20)21-14(11-18-19-21)4-3-8-17-16(22)23-2/h5-7,9-11H,3-4,8H2,1-2H3,(H,17,22). The molecule has 0 aliphatic rings. The van der Waals surface area contributed by atoms with Crippen molar-refractivity contribution >= 4 is 17.0 Å². The molecule has 7 heteroatoms. The van der Waals surface area contributed by atoms with Crippen molar-refractivity contribution in [3.63, 3.8) is 0 Å². The minimum atomic E-state index is -0.411. The summed E-state index contributed by atoms with van der Waals surface area (Å²) in [7, 11) is 3.38. The number of amides is 1. The van der Waals surface area contributed by atoms with Crippen molar-refractivity contribution in [1.29, 1.82) is 0 Å². The van der Waals surface area contributed by atoms with Gasteiger partial charge in [0.15, 0.2) is 0 Å². The van der Waals surface area contributed by atoms with Crippen LogP contribution in [0.5, 0.6) is 0 Å². The van der Waals surface area contributed by atoms with E-state index in [0.29, 0.717) is 6.54 Å². The first-order valence-corrected chi connectivity index (χ1v) is 7.46. The maximum absolute atomic E-state index is 11.0. The van der Waals surface area contributed by atoms with Crippen LogP contribution in [0.2, 0.25) is 0 Å². The van der Waals surface area contributed by atoms with Gasteiger partial charge < -0.3 is 14.6 Å². The van der Waals surface area contributed by atoms with Crippen molar-refractivity contribution in [2.24, 2.45) is 7.05 Å². The molecule has 2 heterocycles. The molecule has 1 N–H and O–H groups in total. The maximum Gasteiger partial charge on any atom is 0.406 e. The predicted molar refractivity (Wildman–Crippen MR) is 86.6 cm³/mol. The number of aromatic nitrogens is 4. The highest BCUT2D eigenvalue weighted by Crippen LogP contribution is 2.19. The lowest BCUT2D eigenvalue weighted by atomic mass is 10.2. The van der Waals surface area contributed by atoms with Crippen LogP contribution in [0.1, 0.15) is 12.1 Å². The minimum absolute atomic E-state index is 0.411. The van der Waals surface area contributed by atoms with Crippen molar-refractivity contribution in [2.45, 2.75) is 12.8 Å². The summed E-state index contributed by atoms with van der Waals surface area (Å²) in [4.78, 5) is 11.0. The molecule has 1 amide bonds. The lowest BCUT2D eigenvalue weighted by Gasteiger charge is -2.07. The van der Waals surface area contributed by atoms with E-state index < -0.39 is 6.09 Å². The zero-order valence-electron chi connectivity index (χ0n) is 13.2. The lowest BCUT2D eigenvalue weighted by Crippen LogP contribution is -2.24. The third-order valence-electron chi connectivity index (χ3n) is 3.80. The summed E-state index contributed by atoms with van der Waals surface area (Å²) in [5.41, 5.74) is 3.17. The monoisotopic (exact) mass is 313 g/mol. The van der Waals surface area contributed by atoms with E-state index in [1.807, 2.05) is 24.0 Å². The van der Waals surface area contributed by atoms with Gasteiger partial charge in [0.2, 0.25) is 0 Å². The van der Waals surface area contributed by atoms with E-state index in [4.69, 9.17) is 0 Å². The first kappa shape index (κ1) is 15.1. The van der Waals surface area contributed by atoms with Crippen molar-refractivity contribution in [2.75, 3.05) is 13.7 Å². The number of nitrogens with one attached hydrogen (secondary N) is 1. The lowest BCUT2D eigenvalue weighted by molar-refractivity contribution is 0.171. The number of benzene rings is 1. The van der Waals surface area contributed by atoms with Crippen LogP contribution in [0, 0.1) is 0 Å². The van der Waals surface area contributed by atoms with Crippen molar-refractivity contribution < 1.29 is 9.53 Å². The van der Waals surface area contributed by atoms with E-state index in [2.05, 4.69) is 43.1 Å². The summed E-state index contributed by atoms with van der Waals surface area (Å²) < 4.78 is 8.46. The van der Waals surface area contributed by atoms with E-state index in [9.17, 15) is 4.79 Å². The Bertz CT molecular complexity index is 821. The fourth-order valence-electron chi connectivity index (χ4n) is 2.58. The molecular formula is C16H19N5O2. The molecule has 0 aliphatic carbocycles. The molecule has 0 saturated heterocycles. The Labute approximate surface area is 133 Å². The number of fused-ring (bicyclic) bond motifs is 1. The average Bonchev–Trinajstić information content (AvgIpc) is 3.18. The third kappa shape index (κ3) is 3.18. The van der Waals surface area contributed by atoms with Gasteiger partial charge in [0.25, 0.3) is 0 Å². The Morgan fingerprint density at radius 3 is 3.04 bits per heavy atom. The van der Waals surface area contributed by atoms with Gasteiger partial charge in [-0.1, -0.05) is 5.21 Å². The molecule has 3 aromatic rings.